The Balaban J connectivity index is 1.73. The first-order valence-corrected chi connectivity index (χ1v) is 5.90. The van der Waals surface area contributed by atoms with Gasteiger partial charge in [-0.25, -0.2) is 0 Å². The van der Waals surface area contributed by atoms with Gasteiger partial charge >= 0.3 is 0 Å². The summed E-state index contributed by atoms with van der Waals surface area (Å²) in [4.78, 5) is 0. The number of hydrogen-bond donors (Lipinski definition) is 2. The van der Waals surface area contributed by atoms with Crippen molar-refractivity contribution in [3.05, 3.63) is 33.5 Å². The van der Waals surface area contributed by atoms with Crippen molar-refractivity contribution >= 4 is 11.3 Å². The van der Waals surface area contributed by atoms with Crippen LogP contribution in [0.2, 0.25) is 0 Å². The summed E-state index contributed by atoms with van der Waals surface area (Å²) in [6.07, 6.45) is 0. The first kappa shape index (κ1) is 9.90. The highest BCUT2D eigenvalue weighted by atomic mass is 32.1. The summed E-state index contributed by atoms with van der Waals surface area (Å²) in [7, 11) is 0. The van der Waals surface area contributed by atoms with E-state index < -0.39 is 0 Å². The maximum absolute atomic E-state index is 3.46. The van der Waals surface area contributed by atoms with Gasteiger partial charge in [0.05, 0.1) is 0 Å². The number of rotatable bonds is 4. The highest BCUT2D eigenvalue weighted by Gasteiger charge is 2.09. The predicted molar refractivity (Wildman–Crippen MR) is 61.6 cm³/mol. The minimum absolute atomic E-state index is 0.988. The molecule has 0 amide bonds. The molecule has 1 saturated heterocycles. The van der Waals surface area contributed by atoms with Crippen molar-refractivity contribution in [2.24, 2.45) is 0 Å². The Labute approximate surface area is 89.0 Å². The molecular formula is C11H16N2S. The molecule has 0 radical (unpaired) electrons. The molecule has 2 heterocycles. The monoisotopic (exact) mass is 208 g/mol. The third-order valence-corrected chi connectivity index (χ3v) is 3.31. The summed E-state index contributed by atoms with van der Waals surface area (Å²) >= 11 is 1.76. The van der Waals surface area contributed by atoms with Gasteiger partial charge in [-0.3, -0.25) is 0 Å². The van der Waals surface area contributed by atoms with E-state index in [4.69, 9.17) is 0 Å². The smallest absolute Gasteiger partial charge is 0.0216 e. The van der Waals surface area contributed by atoms with Crippen LogP contribution in [0, 0.1) is 0 Å². The molecule has 2 rings (SSSR count). The normalized spacial score (nSPS) is 15.4. The molecule has 1 fully saturated rings. The Morgan fingerprint density at radius 1 is 1.57 bits per heavy atom. The van der Waals surface area contributed by atoms with E-state index in [1.165, 1.54) is 11.1 Å². The lowest BCUT2D eigenvalue weighted by Crippen LogP contribution is -2.36. The Morgan fingerprint density at radius 2 is 2.43 bits per heavy atom. The molecule has 76 valence electrons. The summed E-state index contributed by atoms with van der Waals surface area (Å²) in [5.41, 5.74) is 4.46. The maximum Gasteiger partial charge on any atom is 0.0216 e. The van der Waals surface area contributed by atoms with Crippen LogP contribution < -0.4 is 10.6 Å². The summed E-state index contributed by atoms with van der Waals surface area (Å²) in [5.74, 6) is 0. The van der Waals surface area contributed by atoms with Crippen LogP contribution in [-0.4, -0.2) is 19.6 Å². The van der Waals surface area contributed by atoms with Gasteiger partial charge in [0.25, 0.3) is 0 Å². The molecule has 2 N–H and O–H groups in total. The van der Waals surface area contributed by atoms with Gasteiger partial charge < -0.3 is 10.6 Å². The van der Waals surface area contributed by atoms with E-state index in [-0.39, 0.29) is 0 Å². The fraction of sp³-hybridized carbons (Fsp3) is 0.455. The molecule has 0 saturated carbocycles. The number of hydrogen-bond acceptors (Lipinski definition) is 3. The van der Waals surface area contributed by atoms with E-state index in [9.17, 15) is 0 Å². The molecule has 1 aliphatic heterocycles. The van der Waals surface area contributed by atoms with E-state index in [0.717, 1.165) is 26.2 Å². The van der Waals surface area contributed by atoms with Gasteiger partial charge in [-0.15, -0.1) is 0 Å². The van der Waals surface area contributed by atoms with Crippen LogP contribution >= 0.6 is 11.3 Å². The zero-order valence-electron chi connectivity index (χ0n) is 8.47. The fourth-order valence-corrected chi connectivity index (χ4v) is 2.13. The minimum atomic E-state index is 0.988. The molecule has 0 bridgehead atoms. The second-order valence-electron chi connectivity index (χ2n) is 3.72. The molecule has 2 nitrogen and oxygen atoms in total. The van der Waals surface area contributed by atoms with Crippen LogP contribution in [0.4, 0.5) is 0 Å². The lowest BCUT2D eigenvalue weighted by molar-refractivity contribution is 0.640. The largest absolute Gasteiger partial charge is 0.309 e. The van der Waals surface area contributed by atoms with Crippen LogP contribution in [0.3, 0.4) is 0 Å². The zero-order valence-corrected chi connectivity index (χ0v) is 9.29. The number of thiophene rings is 1. The van der Waals surface area contributed by atoms with E-state index in [0.29, 0.717) is 0 Å². The van der Waals surface area contributed by atoms with Crippen molar-refractivity contribution < 1.29 is 0 Å². The van der Waals surface area contributed by atoms with Crippen LogP contribution in [0.5, 0.6) is 0 Å². The van der Waals surface area contributed by atoms with Gasteiger partial charge in [0.15, 0.2) is 0 Å². The average molecular weight is 208 g/mol. The summed E-state index contributed by atoms with van der Waals surface area (Å²) in [6.45, 7) is 6.41. The highest BCUT2D eigenvalue weighted by Crippen LogP contribution is 2.08. The zero-order chi connectivity index (χ0) is 9.80. The van der Waals surface area contributed by atoms with Gasteiger partial charge in [-0.1, -0.05) is 5.57 Å². The van der Waals surface area contributed by atoms with E-state index >= 15 is 0 Å². The molecule has 1 aliphatic rings. The molecule has 3 heteroatoms. The molecule has 1 aromatic heterocycles. The molecule has 1 aromatic rings. The summed E-state index contributed by atoms with van der Waals surface area (Å²) < 4.78 is 0. The summed E-state index contributed by atoms with van der Waals surface area (Å²) in [6, 6.07) is 2.17. The van der Waals surface area contributed by atoms with Crippen LogP contribution in [0.15, 0.2) is 28.0 Å². The topological polar surface area (TPSA) is 24.1 Å². The van der Waals surface area contributed by atoms with Gasteiger partial charge in [-0.2, -0.15) is 11.3 Å². The van der Waals surface area contributed by atoms with Crippen molar-refractivity contribution in [3.63, 3.8) is 0 Å². The van der Waals surface area contributed by atoms with Crippen LogP contribution in [0.25, 0.3) is 0 Å². The molecule has 0 aliphatic carbocycles. The van der Waals surface area contributed by atoms with Gasteiger partial charge in [0.2, 0.25) is 0 Å². The molecule has 0 aromatic carbocycles. The first-order chi connectivity index (χ1) is 6.86. The SMILES string of the molecule is CC(CNCc1ccsc1)=C1CNC1. The molecule has 0 unspecified atom stereocenters. The average Bonchev–Trinajstić information content (AvgIpc) is 2.53. The van der Waals surface area contributed by atoms with Gasteiger partial charge in [0, 0.05) is 26.2 Å². The van der Waals surface area contributed by atoms with Crippen molar-refractivity contribution in [3.8, 4) is 0 Å². The standard InChI is InChI=1S/C11H16N2S/c1-9(11-6-13-7-11)4-12-5-10-2-3-14-8-10/h2-3,8,12-13H,4-7H2,1H3. The summed E-state index contributed by atoms with van der Waals surface area (Å²) in [5, 5.41) is 11.0. The molecule has 0 atom stereocenters. The minimum Gasteiger partial charge on any atom is -0.309 e. The van der Waals surface area contributed by atoms with Crippen LogP contribution in [-0.2, 0) is 6.54 Å². The second-order valence-corrected chi connectivity index (χ2v) is 4.50. The maximum atomic E-state index is 3.46. The lowest BCUT2D eigenvalue weighted by Gasteiger charge is -2.22. The third-order valence-electron chi connectivity index (χ3n) is 2.58. The van der Waals surface area contributed by atoms with Crippen molar-refractivity contribution in [2.75, 3.05) is 19.6 Å². The Morgan fingerprint density at radius 3 is 3.00 bits per heavy atom. The van der Waals surface area contributed by atoms with Crippen LogP contribution in [0.1, 0.15) is 12.5 Å². The van der Waals surface area contributed by atoms with E-state index in [2.05, 4.69) is 34.4 Å². The predicted octanol–water partition coefficient (Wildman–Crippen LogP) is 1.76. The third kappa shape index (κ3) is 2.44. The second kappa shape index (κ2) is 4.73. The molecular weight excluding hydrogens is 192 g/mol. The molecule has 14 heavy (non-hydrogen) atoms. The molecule has 0 spiro atoms. The van der Waals surface area contributed by atoms with E-state index in [1.54, 1.807) is 16.9 Å². The highest BCUT2D eigenvalue weighted by molar-refractivity contribution is 7.07. The van der Waals surface area contributed by atoms with Gasteiger partial charge in [-0.05, 0) is 34.9 Å². The number of nitrogens with one attached hydrogen (secondary N) is 2. The van der Waals surface area contributed by atoms with Crippen molar-refractivity contribution in [1.82, 2.24) is 10.6 Å². The first-order valence-electron chi connectivity index (χ1n) is 4.96. The van der Waals surface area contributed by atoms with Gasteiger partial charge in [0.1, 0.15) is 0 Å². The van der Waals surface area contributed by atoms with E-state index in [1.807, 2.05) is 0 Å². The Bertz CT molecular complexity index is 308. The Hall–Kier alpha value is -0.640. The van der Waals surface area contributed by atoms with Crippen molar-refractivity contribution in [1.29, 1.82) is 0 Å². The lowest BCUT2D eigenvalue weighted by atomic mass is 10.0. The quantitative estimate of drug-likeness (QED) is 0.737. The Kier molecular flexibility index (Phi) is 3.35. The van der Waals surface area contributed by atoms with Crippen molar-refractivity contribution in [2.45, 2.75) is 13.5 Å². The fourth-order valence-electron chi connectivity index (χ4n) is 1.46.